The Kier molecular flexibility index (Phi) is 6.70. The van der Waals surface area contributed by atoms with E-state index in [1.165, 1.54) is 0 Å². The fourth-order valence-electron chi connectivity index (χ4n) is 1.15. The van der Waals surface area contributed by atoms with Gasteiger partial charge in [0.05, 0.1) is 0 Å². The Morgan fingerprint density at radius 2 is 1.87 bits per heavy atom. The molecule has 5 N–H and O–H groups in total. The average Bonchev–Trinajstić information content (AvgIpc) is 2.17. The molecule has 15 heavy (non-hydrogen) atoms. The lowest BCUT2D eigenvalue weighted by Gasteiger charge is -2.14. The Balaban J connectivity index is 3.83. The number of amides is 2. The highest BCUT2D eigenvalue weighted by atomic mass is 16.2. The van der Waals surface area contributed by atoms with Crippen molar-refractivity contribution in [3.05, 3.63) is 0 Å². The molecule has 0 aliphatic carbocycles. The predicted molar refractivity (Wildman–Crippen MR) is 58.9 cm³/mol. The van der Waals surface area contributed by atoms with E-state index in [0.717, 1.165) is 19.3 Å². The highest BCUT2D eigenvalue weighted by molar-refractivity contribution is 5.86. The van der Waals surface area contributed by atoms with Crippen LogP contribution in [0.1, 0.15) is 33.1 Å². The van der Waals surface area contributed by atoms with Gasteiger partial charge < -0.3 is 16.8 Å². The molecule has 0 bridgehead atoms. The van der Waals surface area contributed by atoms with Crippen LogP contribution in [0.25, 0.3) is 0 Å². The van der Waals surface area contributed by atoms with Crippen molar-refractivity contribution in [1.29, 1.82) is 0 Å². The molecular weight excluding hydrogens is 194 g/mol. The van der Waals surface area contributed by atoms with Crippen LogP contribution in [0.3, 0.4) is 0 Å². The second kappa shape index (κ2) is 7.23. The van der Waals surface area contributed by atoms with E-state index in [9.17, 15) is 9.59 Å². The summed E-state index contributed by atoms with van der Waals surface area (Å²) in [5.74, 6) is -0.742. The smallest absolute Gasteiger partial charge is 0.239 e. The maximum Gasteiger partial charge on any atom is 0.239 e. The monoisotopic (exact) mass is 215 g/mol. The normalized spacial score (nSPS) is 14.3. The van der Waals surface area contributed by atoms with Gasteiger partial charge in [-0.05, 0) is 26.3 Å². The van der Waals surface area contributed by atoms with Crippen molar-refractivity contribution < 1.29 is 9.59 Å². The van der Waals surface area contributed by atoms with Gasteiger partial charge in [-0.3, -0.25) is 9.59 Å². The van der Waals surface area contributed by atoms with E-state index < -0.39 is 11.9 Å². The lowest BCUT2D eigenvalue weighted by molar-refractivity contribution is -0.129. The Morgan fingerprint density at radius 1 is 1.27 bits per heavy atom. The van der Waals surface area contributed by atoms with E-state index in [0.29, 0.717) is 6.54 Å². The first-order chi connectivity index (χ1) is 6.99. The molecule has 0 heterocycles. The van der Waals surface area contributed by atoms with Crippen molar-refractivity contribution in [3.63, 3.8) is 0 Å². The number of nitrogens with one attached hydrogen (secondary N) is 1. The van der Waals surface area contributed by atoms with Gasteiger partial charge in [0, 0.05) is 5.92 Å². The van der Waals surface area contributed by atoms with Crippen LogP contribution in [-0.2, 0) is 9.59 Å². The minimum Gasteiger partial charge on any atom is -0.368 e. The molecule has 0 rings (SSSR count). The summed E-state index contributed by atoms with van der Waals surface area (Å²) in [4.78, 5) is 22.2. The van der Waals surface area contributed by atoms with Crippen molar-refractivity contribution in [1.82, 2.24) is 5.32 Å². The zero-order valence-corrected chi connectivity index (χ0v) is 9.45. The lowest BCUT2D eigenvalue weighted by Crippen LogP contribution is -2.44. The minimum atomic E-state index is -0.602. The topological polar surface area (TPSA) is 98.2 Å². The van der Waals surface area contributed by atoms with Gasteiger partial charge in [-0.2, -0.15) is 0 Å². The third-order valence-electron chi connectivity index (χ3n) is 2.32. The number of primary amides is 1. The van der Waals surface area contributed by atoms with Gasteiger partial charge >= 0.3 is 0 Å². The molecule has 0 spiro atoms. The lowest BCUT2D eigenvalue weighted by atomic mass is 10.0. The summed E-state index contributed by atoms with van der Waals surface area (Å²) in [6.45, 7) is 4.05. The summed E-state index contributed by atoms with van der Waals surface area (Å²) >= 11 is 0. The van der Waals surface area contributed by atoms with E-state index in [-0.39, 0.29) is 11.8 Å². The van der Waals surface area contributed by atoms with E-state index in [1.807, 2.05) is 6.92 Å². The molecule has 88 valence electrons. The SMILES string of the molecule is CC(CCCCN)C(=O)N[C@@H](C)C(N)=O. The summed E-state index contributed by atoms with van der Waals surface area (Å²) < 4.78 is 0. The predicted octanol–water partition coefficient (Wildman–Crippen LogP) is -0.258. The number of hydrogen-bond acceptors (Lipinski definition) is 3. The Morgan fingerprint density at radius 3 is 2.33 bits per heavy atom. The molecule has 5 nitrogen and oxygen atoms in total. The zero-order chi connectivity index (χ0) is 11.8. The van der Waals surface area contributed by atoms with E-state index in [2.05, 4.69) is 5.32 Å². The van der Waals surface area contributed by atoms with Crippen LogP contribution in [0, 0.1) is 5.92 Å². The summed E-state index contributed by atoms with van der Waals surface area (Å²) in [6, 6.07) is -0.602. The van der Waals surface area contributed by atoms with Gasteiger partial charge in [-0.25, -0.2) is 0 Å². The molecule has 2 atom stereocenters. The molecule has 0 saturated heterocycles. The number of hydrogen-bond donors (Lipinski definition) is 3. The minimum absolute atomic E-state index is 0.0988. The van der Waals surface area contributed by atoms with E-state index in [4.69, 9.17) is 11.5 Å². The molecule has 0 fully saturated rings. The van der Waals surface area contributed by atoms with Crippen molar-refractivity contribution >= 4 is 11.8 Å². The number of rotatable bonds is 7. The first kappa shape index (κ1) is 13.9. The molecular formula is C10H21N3O2. The fraction of sp³-hybridized carbons (Fsp3) is 0.800. The van der Waals surface area contributed by atoms with Crippen molar-refractivity contribution in [2.75, 3.05) is 6.54 Å². The molecule has 0 aliphatic heterocycles. The Labute approximate surface area is 90.6 Å². The second-order valence-corrected chi connectivity index (χ2v) is 3.82. The van der Waals surface area contributed by atoms with Gasteiger partial charge in [0.25, 0.3) is 0 Å². The number of unbranched alkanes of at least 4 members (excludes halogenated alkanes) is 1. The largest absolute Gasteiger partial charge is 0.368 e. The molecule has 2 amide bonds. The molecule has 0 aromatic rings. The molecule has 0 aliphatic rings. The number of carbonyl (C=O) groups excluding carboxylic acids is 2. The first-order valence-electron chi connectivity index (χ1n) is 5.28. The second-order valence-electron chi connectivity index (χ2n) is 3.82. The van der Waals surface area contributed by atoms with Crippen LogP contribution < -0.4 is 16.8 Å². The van der Waals surface area contributed by atoms with Crippen LogP contribution in [0.2, 0.25) is 0 Å². The number of nitrogens with two attached hydrogens (primary N) is 2. The molecule has 0 saturated carbocycles. The number of carbonyl (C=O) groups is 2. The van der Waals surface area contributed by atoms with Crippen molar-refractivity contribution in [2.24, 2.45) is 17.4 Å². The molecule has 0 aromatic carbocycles. The molecule has 5 heteroatoms. The van der Waals surface area contributed by atoms with E-state index in [1.54, 1.807) is 6.92 Å². The summed E-state index contributed by atoms with van der Waals surface area (Å²) in [7, 11) is 0. The van der Waals surface area contributed by atoms with Crippen LogP contribution in [0.4, 0.5) is 0 Å². The zero-order valence-electron chi connectivity index (χ0n) is 9.45. The summed E-state index contributed by atoms with van der Waals surface area (Å²) in [6.07, 6.45) is 2.63. The third kappa shape index (κ3) is 6.06. The maximum atomic E-state index is 11.5. The van der Waals surface area contributed by atoms with Crippen LogP contribution in [0.15, 0.2) is 0 Å². The average molecular weight is 215 g/mol. The quantitative estimate of drug-likeness (QED) is 0.510. The maximum absolute atomic E-state index is 11.5. The highest BCUT2D eigenvalue weighted by Gasteiger charge is 2.17. The third-order valence-corrected chi connectivity index (χ3v) is 2.32. The van der Waals surface area contributed by atoms with Crippen molar-refractivity contribution in [2.45, 2.75) is 39.2 Å². The van der Waals surface area contributed by atoms with Crippen LogP contribution in [0.5, 0.6) is 0 Å². The van der Waals surface area contributed by atoms with Crippen LogP contribution >= 0.6 is 0 Å². The van der Waals surface area contributed by atoms with Crippen molar-refractivity contribution in [3.8, 4) is 0 Å². The molecule has 1 unspecified atom stereocenters. The van der Waals surface area contributed by atoms with Gasteiger partial charge in [0.2, 0.25) is 11.8 Å². The van der Waals surface area contributed by atoms with Gasteiger partial charge in [-0.1, -0.05) is 13.3 Å². The molecule has 0 aromatic heterocycles. The van der Waals surface area contributed by atoms with E-state index >= 15 is 0 Å². The van der Waals surface area contributed by atoms with Gasteiger partial charge in [0.15, 0.2) is 0 Å². The standard InChI is InChI=1S/C10H21N3O2/c1-7(5-3-4-6-11)10(15)13-8(2)9(12)14/h7-8H,3-6,11H2,1-2H3,(H2,12,14)(H,13,15)/t7?,8-/m0/s1. The van der Waals surface area contributed by atoms with Gasteiger partial charge in [-0.15, -0.1) is 0 Å². The Bertz CT molecular complexity index is 219. The fourth-order valence-corrected chi connectivity index (χ4v) is 1.15. The first-order valence-corrected chi connectivity index (χ1v) is 5.28. The summed E-state index contributed by atoms with van der Waals surface area (Å²) in [5, 5.41) is 2.56. The van der Waals surface area contributed by atoms with Crippen LogP contribution in [-0.4, -0.2) is 24.4 Å². The highest BCUT2D eigenvalue weighted by Crippen LogP contribution is 2.07. The Hall–Kier alpha value is -1.10. The molecule has 0 radical (unpaired) electrons. The summed E-state index contributed by atoms with van der Waals surface area (Å²) in [5.41, 5.74) is 10.4. The van der Waals surface area contributed by atoms with Gasteiger partial charge in [0.1, 0.15) is 6.04 Å².